The van der Waals surface area contributed by atoms with Gasteiger partial charge in [-0.3, -0.25) is 4.79 Å². The van der Waals surface area contributed by atoms with Crippen molar-refractivity contribution in [3.05, 3.63) is 59.4 Å². The van der Waals surface area contributed by atoms with Crippen LogP contribution in [-0.4, -0.2) is 12.5 Å². The fourth-order valence-corrected chi connectivity index (χ4v) is 2.19. The Morgan fingerprint density at radius 3 is 2.55 bits per heavy atom. The van der Waals surface area contributed by atoms with E-state index in [1.54, 1.807) is 19.1 Å². The van der Waals surface area contributed by atoms with E-state index in [0.29, 0.717) is 18.7 Å². The molecular formula is C16H17FN2O. The molecule has 0 aliphatic heterocycles. The van der Waals surface area contributed by atoms with Crippen LogP contribution in [0, 0.1) is 5.82 Å². The largest absolute Gasteiger partial charge is 0.352 e. The SMILES string of the molecule is CCNC(=O)c1c(F)cccc1-c1ccccc1CN. The van der Waals surface area contributed by atoms with Gasteiger partial charge < -0.3 is 11.1 Å². The van der Waals surface area contributed by atoms with E-state index < -0.39 is 11.7 Å². The van der Waals surface area contributed by atoms with E-state index in [-0.39, 0.29) is 5.56 Å². The molecule has 0 aliphatic carbocycles. The Balaban J connectivity index is 2.62. The summed E-state index contributed by atoms with van der Waals surface area (Å²) in [5.41, 5.74) is 8.01. The molecule has 0 unspecified atom stereocenters. The van der Waals surface area contributed by atoms with Crippen LogP contribution in [0.25, 0.3) is 11.1 Å². The first-order valence-electron chi connectivity index (χ1n) is 6.54. The van der Waals surface area contributed by atoms with Gasteiger partial charge in [-0.1, -0.05) is 36.4 Å². The fraction of sp³-hybridized carbons (Fsp3) is 0.188. The second kappa shape index (κ2) is 6.30. The van der Waals surface area contributed by atoms with Crippen LogP contribution in [-0.2, 0) is 6.54 Å². The lowest BCUT2D eigenvalue weighted by atomic mass is 9.94. The number of benzene rings is 2. The number of carbonyl (C=O) groups is 1. The van der Waals surface area contributed by atoms with Crippen LogP contribution in [0.3, 0.4) is 0 Å². The molecule has 0 heterocycles. The predicted molar refractivity (Wildman–Crippen MR) is 77.7 cm³/mol. The molecule has 1 amide bonds. The lowest BCUT2D eigenvalue weighted by Crippen LogP contribution is -2.24. The zero-order valence-corrected chi connectivity index (χ0v) is 11.3. The van der Waals surface area contributed by atoms with E-state index in [2.05, 4.69) is 5.32 Å². The summed E-state index contributed by atoms with van der Waals surface area (Å²) in [4.78, 5) is 12.1. The average molecular weight is 272 g/mol. The maximum absolute atomic E-state index is 14.1. The molecule has 3 nitrogen and oxygen atoms in total. The summed E-state index contributed by atoms with van der Waals surface area (Å²) in [6.45, 7) is 2.58. The number of carbonyl (C=O) groups excluding carboxylic acids is 1. The van der Waals surface area contributed by atoms with Crippen LogP contribution in [0.5, 0.6) is 0 Å². The normalized spacial score (nSPS) is 10.3. The first kappa shape index (κ1) is 14.2. The summed E-state index contributed by atoms with van der Waals surface area (Å²) in [5, 5.41) is 2.64. The van der Waals surface area contributed by atoms with Crippen LogP contribution in [0.2, 0.25) is 0 Å². The summed E-state index contributed by atoms with van der Waals surface area (Å²) in [6.07, 6.45) is 0. The molecule has 0 bridgehead atoms. The Morgan fingerprint density at radius 1 is 1.15 bits per heavy atom. The second-order valence-electron chi connectivity index (χ2n) is 4.38. The molecule has 0 fully saturated rings. The quantitative estimate of drug-likeness (QED) is 0.899. The lowest BCUT2D eigenvalue weighted by molar-refractivity contribution is 0.0952. The van der Waals surface area contributed by atoms with Crippen LogP contribution in [0.4, 0.5) is 4.39 Å². The zero-order valence-electron chi connectivity index (χ0n) is 11.3. The minimum absolute atomic E-state index is 0.0650. The standard InChI is InChI=1S/C16H17FN2O/c1-2-19-16(20)15-13(8-5-9-14(15)17)12-7-4-3-6-11(12)10-18/h3-9H,2,10,18H2,1H3,(H,19,20). The van der Waals surface area contributed by atoms with Gasteiger partial charge in [0.1, 0.15) is 5.82 Å². The first-order valence-corrected chi connectivity index (χ1v) is 6.54. The van der Waals surface area contributed by atoms with Crippen molar-refractivity contribution in [2.24, 2.45) is 5.73 Å². The highest BCUT2D eigenvalue weighted by molar-refractivity contribution is 6.01. The number of nitrogens with two attached hydrogens (primary N) is 1. The third-order valence-corrected chi connectivity index (χ3v) is 3.11. The third-order valence-electron chi connectivity index (χ3n) is 3.11. The molecule has 104 valence electrons. The van der Waals surface area contributed by atoms with E-state index in [4.69, 9.17) is 5.73 Å². The third kappa shape index (κ3) is 2.70. The van der Waals surface area contributed by atoms with Crippen molar-refractivity contribution >= 4 is 5.91 Å². The maximum Gasteiger partial charge on any atom is 0.254 e. The molecule has 0 spiro atoms. The van der Waals surface area contributed by atoms with Gasteiger partial charge in [0.2, 0.25) is 0 Å². The highest BCUT2D eigenvalue weighted by Crippen LogP contribution is 2.28. The molecule has 4 heteroatoms. The molecule has 0 radical (unpaired) electrons. The fourth-order valence-electron chi connectivity index (χ4n) is 2.19. The molecule has 0 aromatic heterocycles. The topological polar surface area (TPSA) is 55.1 Å². The molecule has 2 aromatic carbocycles. The molecule has 20 heavy (non-hydrogen) atoms. The van der Waals surface area contributed by atoms with Crippen molar-refractivity contribution < 1.29 is 9.18 Å². The van der Waals surface area contributed by atoms with Gasteiger partial charge in [0.15, 0.2) is 0 Å². The van der Waals surface area contributed by atoms with Crippen molar-refractivity contribution in [1.82, 2.24) is 5.32 Å². The van der Waals surface area contributed by atoms with Crippen LogP contribution in [0.1, 0.15) is 22.8 Å². The summed E-state index contributed by atoms with van der Waals surface area (Å²) >= 11 is 0. The Kier molecular flexibility index (Phi) is 4.48. The number of hydrogen-bond donors (Lipinski definition) is 2. The molecule has 0 saturated heterocycles. The minimum atomic E-state index is -0.528. The van der Waals surface area contributed by atoms with Gasteiger partial charge in [0, 0.05) is 13.1 Å². The molecule has 0 atom stereocenters. The molecular weight excluding hydrogens is 255 g/mol. The van der Waals surface area contributed by atoms with E-state index in [1.807, 2.05) is 24.3 Å². The Morgan fingerprint density at radius 2 is 1.85 bits per heavy atom. The van der Waals surface area contributed by atoms with E-state index >= 15 is 0 Å². The maximum atomic E-state index is 14.1. The van der Waals surface area contributed by atoms with E-state index in [1.165, 1.54) is 6.07 Å². The number of hydrogen-bond acceptors (Lipinski definition) is 2. The van der Waals surface area contributed by atoms with Crippen LogP contribution in [0.15, 0.2) is 42.5 Å². The lowest BCUT2D eigenvalue weighted by Gasteiger charge is -2.13. The van der Waals surface area contributed by atoms with Crippen molar-refractivity contribution in [3.63, 3.8) is 0 Å². The van der Waals surface area contributed by atoms with Crippen molar-refractivity contribution in [1.29, 1.82) is 0 Å². The molecule has 0 saturated carbocycles. The number of halogens is 1. The van der Waals surface area contributed by atoms with Gasteiger partial charge in [-0.05, 0) is 29.7 Å². The van der Waals surface area contributed by atoms with Gasteiger partial charge in [-0.25, -0.2) is 4.39 Å². The highest BCUT2D eigenvalue weighted by atomic mass is 19.1. The summed E-state index contributed by atoms with van der Waals surface area (Å²) < 4.78 is 14.1. The zero-order chi connectivity index (χ0) is 14.5. The summed E-state index contributed by atoms with van der Waals surface area (Å²) in [5.74, 6) is -0.937. The van der Waals surface area contributed by atoms with E-state index in [9.17, 15) is 9.18 Å². The number of rotatable bonds is 4. The number of amides is 1. The van der Waals surface area contributed by atoms with Crippen molar-refractivity contribution in [2.75, 3.05) is 6.54 Å². The van der Waals surface area contributed by atoms with Gasteiger partial charge >= 0.3 is 0 Å². The van der Waals surface area contributed by atoms with Gasteiger partial charge in [0.05, 0.1) is 5.56 Å². The van der Waals surface area contributed by atoms with Crippen molar-refractivity contribution in [2.45, 2.75) is 13.5 Å². The molecule has 2 aromatic rings. The van der Waals surface area contributed by atoms with Gasteiger partial charge in [0.25, 0.3) is 5.91 Å². The van der Waals surface area contributed by atoms with Gasteiger partial charge in [-0.2, -0.15) is 0 Å². The summed E-state index contributed by atoms with van der Waals surface area (Å²) in [7, 11) is 0. The smallest absolute Gasteiger partial charge is 0.254 e. The van der Waals surface area contributed by atoms with Crippen molar-refractivity contribution in [3.8, 4) is 11.1 Å². The highest BCUT2D eigenvalue weighted by Gasteiger charge is 2.18. The predicted octanol–water partition coefficient (Wildman–Crippen LogP) is 2.70. The Hall–Kier alpha value is -2.20. The van der Waals surface area contributed by atoms with Crippen LogP contribution < -0.4 is 11.1 Å². The molecule has 0 aliphatic rings. The summed E-state index contributed by atoms with van der Waals surface area (Å²) in [6, 6.07) is 12.1. The number of nitrogens with one attached hydrogen (secondary N) is 1. The average Bonchev–Trinajstić information content (AvgIpc) is 2.47. The Bertz CT molecular complexity index is 626. The van der Waals surface area contributed by atoms with Crippen LogP contribution >= 0.6 is 0 Å². The first-order chi connectivity index (χ1) is 9.69. The van der Waals surface area contributed by atoms with Gasteiger partial charge in [-0.15, -0.1) is 0 Å². The Labute approximate surface area is 117 Å². The van der Waals surface area contributed by atoms with E-state index in [0.717, 1.165) is 11.1 Å². The minimum Gasteiger partial charge on any atom is -0.352 e. The molecule has 3 N–H and O–H groups in total. The molecule has 2 rings (SSSR count). The monoisotopic (exact) mass is 272 g/mol. The second-order valence-corrected chi connectivity index (χ2v) is 4.38.